The van der Waals surface area contributed by atoms with Gasteiger partial charge in [0, 0.05) is 13.1 Å². The number of para-hydroxylation sites is 1. The molecular formula is C12H14N2OS2. The third-order valence-corrected chi connectivity index (χ3v) is 5.71. The van der Waals surface area contributed by atoms with Crippen molar-refractivity contribution in [1.29, 1.82) is 0 Å². The Morgan fingerprint density at radius 2 is 1.94 bits per heavy atom. The quantitative estimate of drug-likeness (QED) is 0.837. The number of aromatic nitrogens is 1. The average Bonchev–Trinajstić information content (AvgIpc) is 2.82. The summed E-state index contributed by atoms with van der Waals surface area (Å²) in [5.41, 5.74) is 0.956. The van der Waals surface area contributed by atoms with E-state index >= 15 is 0 Å². The summed E-state index contributed by atoms with van der Waals surface area (Å²) in [7, 11) is -1.06. The third-order valence-electron chi connectivity index (χ3n) is 2.97. The maximum atomic E-state index is 12.4. The lowest BCUT2D eigenvalue weighted by atomic mass is 10.2. The number of nitrogens with zero attached hydrogens (tertiary/aromatic N) is 2. The number of hydrogen-bond donors (Lipinski definition) is 0. The van der Waals surface area contributed by atoms with Crippen LogP contribution >= 0.6 is 11.3 Å². The van der Waals surface area contributed by atoms with Crippen molar-refractivity contribution in [3.63, 3.8) is 0 Å². The van der Waals surface area contributed by atoms with E-state index in [1.165, 1.54) is 6.42 Å². The molecule has 1 aromatic carbocycles. The number of rotatable bonds is 2. The Morgan fingerprint density at radius 3 is 2.71 bits per heavy atom. The summed E-state index contributed by atoms with van der Waals surface area (Å²) in [6.07, 6.45) is 3.56. The molecule has 1 atom stereocenters. The van der Waals surface area contributed by atoms with Crippen molar-refractivity contribution in [1.82, 2.24) is 9.29 Å². The van der Waals surface area contributed by atoms with Crippen LogP contribution in [0.1, 0.15) is 19.3 Å². The van der Waals surface area contributed by atoms with Gasteiger partial charge in [0.1, 0.15) is 0 Å². The highest BCUT2D eigenvalue weighted by Crippen LogP contribution is 2.26. The Morgan fingerprint density at radius 1 is 1.18 bits per heavy atom. The molecular weight excluding hydrogens is 252 g/mol. The fourth-order valence-electron chi connectivity index (χ4n) is 2.07. The molecule has 5 heteroatoms. The second-order valence-electron chi connectivity index (χ2n) is 4.19. The molecule has 1 aromatic heterocycles. The molecule has 0 bridgehead atoms. The van der Waals surface area contributed by atoms with Gasteiger partial charge in [0.25, 0.3) is 0 Å². The van der Waals surface area contributed by atoms with Gasteiger partial charge in [-0.05, 0) is 25.0 Å². The maximum absolute atomic E-state index is 12.4. The monoisotopic (exact) mass is 266 g/mol. The van der Waals surface area contributed by atoms with Gasteiger partial charge in [0.15, 0.2) is 15.3 Å². The predicted octanol–water partition coefficient (Wildman–Crippen LogP) is 2.80. The molecule has 2 aromatic rings. The summed E-state index contributed by atoms with van der Waals surface area (Å²) in [5.74, 6) is 0. The van der Waals surface area contributed by atoms with Gasteiger partial charge in [0.2, 0.25) is 0 Å². The van der Waals surface area contributed by atoms with Crippen molar-refractivity contribution in [2.75, 3.05) is 13.1 Å². The minimum absolute atomic E-state index is 0.744. The first-order chi connectivity index (χ1) is 8.34. The van der Waals surface area contributed by atoms with Crippen LogP contribution in [0.3, 0.4) is 0 Å². The normalized spacial score (nSPS) is 19.5. The van der Waals surface area contributed by atoms with Crippen LogP contribution in [-0.2, 0) is 11.0 Å². The van der Waals surface area contributed by atoms with Crippen LogP contribution in [0.25, 0.3) is 10.2 Å². The Hall–Kier alpha value is -0.780. The van der Waals surface area contributed by atoms with Gasteiger partial charge in [-0.25, -0.2) is 13.5 Å². The first-order valence-corrected chi connectivity index (χ1v) is 7.79. The highest BCUT2D eigenvalue weighted by molar-refractivity contribution is 7.85. The van der Waals surface area contributed by atoms with Crippen molar-refractivity contribution in [2.45, 2.75) is 23.6 Å². The molecule has 1 saturated heterocycles. The first kappa shape index (κ1) is 11.3. The summed E-state index contributed by atoms with van der Waals surface area (Å²) >= 11 is 1.55. The molecule has 1 unspecified atom stereocenters. The summed E-state index contributed by atoms with van der Waals surface area (Å²) in [5, 5.41) is 0. The number of hydrogen-bond acceptors (Lipinski definition) is 3. The third kappa shape index (κ3) is 2.27. The molecule has 0 amide bonds. The van der Waals surface area contributed by atoms with E-state index in [0.29, 0.717) is 0 Å². The molecule has 2 heterocycles. The van der Waals surface area contributed by atoms with E-state index in [9.17, 15) is 4.21 Å². The average molecular weight is 266 g/mol. The number of piperidine rings is 1. The van der Waals surface area contributed by atoms with Crippen LogP contribution in [0.15, 0.2) is 28.6 Å². The molecule has 1 aliphatic rings. The van der Waals surface area contributed by atoms with E-state index < -0.39 is 11.0 Å². The zero-order chi connectivity index (χ0) is 11.7. The van der Waals surface area contributed by atoms with Crippen LogP contribution in [0, 0.1) is 0 Å². The molecule has 0 radical (unpaired) electrons. The molecule has 0 spiro atoms. The fraction of sp³-hybridized carbons (Fsp3) is 0.417. The largest absolute Gasteiger partial charge is 0.235 e. The topological polar surface area (TPSA) is 33.2 Å². The van der Waals surface area contributed by atoms with Crippen molar-refractivity contribution in [3.05, 3.63) is 24.3 Å². The minimum Gasteiger partial charge on any atom is -0.235 e. The zero-order valence-electron chi connectivity index (χ0n) is 9.46. The fourth-order valence-corrected chi connectivity index (χ4v) is 4.62. The van der Waals surface area contributed by atoms with Crippen molar-refractivity contribution < 1.29 is 4.21 Å². The van der Waals surface area contributed by atoms with Crippen molar-refractivity contribution in [3.8, 4) is 0 Å². The molecule has 1 fully saturated rings. The number of benzene rings is 1. The summed E-state index contributed by atoms with van der Waals surface area (Å²) < 4.78 is 16.3. The second-order valence-corrected chi connectivity index (χ2v) is 6.88. The molecule has 17 heavy (non-hydrogen) atoms. The molecule has 3 nitrogen and oxygen atoms in total. The zero-order valence-corrected chi connectivity index (χ0v) is 11.1. The smallest absolute Gasteiger partial charge is 0.197 e. The van der Waals surface area contributed by atoms with Crippen LogP contribution in [0.5, 0.6) is 0 Å². The lowest BCUT2D eigenvalue weighted by Crippen LogP contribution is -2.31. The molecule has 0 saturated carbocycles. The SMILES string of the molecule is O=S(c1nc2ccccc2s1)N1CCCCC1. The summed E-state index contributed by atoms with van der Waals surface area (Å²) in [6, 6.07) is 7.97. The Kier molecular flexibility index (Phi) is 3.22. The van der Waals surface area contributed by atoms with Crippen molar-refractivity contribution >= 4 is 32.5 Å². The van der Waals surface area contributed by atoms with E-state index in [2.05, 4.69) is 4.98 Å². The van der Waals surface area contributed by atoms with Gasteiger partial charge < -0.3 is 0 Å². The second kappa shape index (κ2) is 4.84. The van der Waals surface area contributed by atoms with Gasteiger partial charge in [-0.15, -0.1) is 11.3 Å². The van der Waals surface area contributed by atoms with Crippen LogP contribution in [0.2, 0.25) is 0 Å². The van der Waals surface area contributed by atoms with Crippen LogP contribution in [0.4, 0.5) is 0 Å². The molecule has 3 rings (SSSR count). The molecule has 0 N–H and O–H groups in total. The molecule has 90 valence electrons. The van der Waals surface area contributed by atoms with E-state index in [0.717, 1.165) is 40.5 Å². The molecule has 1 aliphatic heterocycles. The lowest BCUT2D eigenvalue weighted by molar-refractivity contribution is 0.365. The predicted molar refractivity (Wildman–Crippen MR) is 71.5 cm³/mol. The van der Waals surface area contributed by atoms with E-state index in [4.69, 9.17) is 0 Å². The van der Waals surface area contributed by atoms with Crippen LogP contribution < -0.4 is 0 Å². The number of fused-ring (bicyclic) bond motifs is 1. The van der Waals surface area contributed by atoms with E-state index in [-0.39, 0.29) is 0 Å². The van der Waals surface area contributed by atoms with Crippen molar-refractivity contribution in [2.24, 2.45) is 0 Å². The minimum atomic E-state index is -1.06. The Bertz CT molecular complexity index is 513. The first-order valence-electron chi connectivity index (χ1n) is 5.87. The Balaban J connectivity index is 1.89. The van der Waals surface area contributed by atoms with E-state index in [1.54, 1.807) is 11.3 Å². The maximum Gasteiger partial charge on any atom is 0.197 e. The standard InChI is InChI=1S/C12H14N2OS2/c15-17(14-8-4-1-5-9-14)12-13-10-6-2-3-7-11(10)16-12/h2-3,6-7H,1,4-5,8-9H2. The van der Waals surface area contributed by atoms with E-state index in [1.807, 2.05) is 28.6 Å². The van der Waals surface area contributed by atoms with Gasteiger partial charge in [0.05, 0.1) is 10.2 Å². The summed E-state index contributed by atoms with van der Waals surface area (Å²) in [4.78, 5) is 4.46. The van der Waals surface area contributed by atoms with Crippen LogP contribution in [-0.4, -0.2) is 26.6 Å². The summed E-state index contributed by atoms with van der Waals surface area (Å²) in [6.45, 7) is 1.87. The Labute approximate surface area is 107 Å². The lowest BCUT2D eigenvalue weighted by Gasteiger charge is -2.23. The van der Waals surface area contributed by atoms with Gasteiger partial charge in [-0.2, -0.15) is 0 Å². The highest BCUT2D eigenvalue weighted by atomic mass is 32.2. The highest BCUT2D eigenvalue weighted by Gasteiger charge is 2.20. The van der Waals surface area contributed by atoms with Gasteiger partial charge in [-0.3, -0.25) is 0 Å². The van der Waals surface area contributed by atoms with Gasteiger partial charge in [-0.1, -0.05) is 18.6 Å². The number of thiazole rings is 1. The van der Waals surface area contributed by atoms with Gasteiger partial charge >= 0.3 is 0 Å². The molecule has 0 aliphatic carbocycles.